The summed E-state index contributed by atoms with van der Waals surface area (Å²) < 4.78 is 34.0. The first-order valence-electron chi connectivity index (χ1n) is 11.7. The molecule has 3 rings (SSSR count). The molecule has 4 heteroatoms. The molecule has 162 valence electrons. The SMILES string of the molecule is CCCc1ccc(C(=O)OC2CCC(C3CCC(CCC)CC3)CC2)c(F)c1F. The molecule has 0 bridgehead atoms. The molecule has 0 N–H and O–H groups in total. The van der Waals surface area contributed by atoms with Gasteiger partial charge < -0.3 is 4.74 Å². The van der Waals surface area contributed by atoms with Gasteiger partial charge in [0.05, 0.1) is 5.56 Å². The van der Waals surface area contributed by atoms with E-state index >= 15 is 0 Å². The van der Waals surface area contributed by atoms with Gasteiger partial charge >= 0.3 is 5.97 Å². The summed E-state index contributed by atoms with van der Waals surface area (Å²) in [6.45, 7) is 4.18. The van der Waals surface area contributed by atoms with Gasteiger partial charge in [-0.05, 0) is 74.3 Å². The molecule has 0 aromatic heterocycles. The molecule has 0 unspecified atom stereocenters. The van der Waals surface area contributed by atoms with Crippen molar-refractivity contribution < 1.29 is 18.3 Å². The van der Waals surface area contributed by atoms with E-state index < -0.39 is 17.6 Å². The molecule has 0 heterocycles. The number of ether oxygens (including phenoxy) is 1. The molecule has 0 saturated heterocycles. The maximum atomic E-state index is 14.3. The summed E-state index contributed by atoms with van der Waals surface area (Å²) in [5.41, 5.74) is 0.0365. The highest BCUT2D eigenvalue weighted by atomic mass is 19.2. The fourth-order valence-corrected chi connectivity index (χ4v) is 5.46. The maximum absolute atomic E-state index is 14.3. The number of aryl methyl sites for hydroxylation is 1. The van der Waals surface area contributed by atoms with Gasteiger partial charge in [0.25, 0.3) is 0 Å². The van der Waals surface area contributed by atoms with Gasteiger partial charge in [-0.25, -0.2) is 13.6 Å². The van der Waals surface area contributed by atoms with Gasteiger partial charge in [-0.1, -0.05) is 52.0 Å². The predicted molar refractivity (Wildman–Crippen MR) is 112 cm³/mol. The number of hydrogen-bond donors (Lipinski definition) is 0. The molecule has 1 aromatic carbocycles. The number of benzene rings is 1. The van der Waals surface area contributed by atoms with Crippen LogP contribution in [0.25, 0.3) is 0 Å². The summed E-state index contributed by atoms with van der Waals surface area (Å²) in [6, 6.07) is 2.87. The third-order valence-electron chi connectivity index (χ3n) is 7.15. The summed E-state index contributed by atoms with van der Waals surface area (Å²) in [5.74, 6) is -0.241. The Morgan fingerprint density at radius 3 is 2.10 bits per heavy atom. The topological polar surface area (TPSA) is 26.3 Å². The molecule has 0 radical (unpaired) electrons. The predicted octanol–water partition coefficient (Wildman–Crippen LogP) is 7.24. The van der Waals surface area contributed by atoms with Crippen LogP contribution < -0.4 is 0 Å². The van der Waals surface area contributed by atoms with Crippen molar-refractivity contribution in [3.8, 4) is 0 Å². The van der Waals surface area contributed by atoms with Crippen LogP contribution in [0, 0.1) is 29.4 Å². The maximum Gasteiger partial charge on any atom is 0.341 e. The molecule has 1 aromatic rings. The van der Waals surface area contributed by atoms with Gasteiger partial charge in [-0.3, -0.25) is 0 Å². The largest absolute Gasteiger partial charge is 0.459 e. The normalized spacial score (nSPS) is 27.6. The minimum absolute atomic E-state index is 0.173. The van der Waals surface area contributed by atoms with Crippen LogP contribution in [0.2, 0.25) is 0 Å². The third-order valence-corrected chi connectivity index (χ3v) is 7.15. The molecule has 0 atom stereocenters. The lowest BCUT2D eigenvalue weighted by Crippen LogP contribution is -2.30. The standard InChI is InChI=1S/C25H36F2O2/c1-3-5-17-7-9-18(10-8-17)19-11-14-21(15-12-19)29-25(28)22-16-13-20(6-4-2)23(26)24(22)27/h13,16-19,21H,3-12,14-15H2,1-2H3. The van der Waals surface area contributed by atoms with Gasteiger partial charge in [0.2, 0.25) is 0 Å². The van der Waals surface area contributed by atoms with E-state index in [1.165, 1.54) is 50.7 Å². The Hall–Kier alpha value is -1.45. The molecular formula is C25H36F2O2. The second kappa shape index (κ2) is 10.5. The Kier molecular flexibility index (Phi) is 8.08. The van der Waals surface area contributed by atoms with E-state index in [1.54, 1.807) is 0 Å². The van der Waals surface area contributed by atoms with Crippen molar-refractivity contribution in [2.24, 2.45) is 17.8 Å². The van der Waals surface area contributed by atoms with E-state index in [-0.39, 0.29) is 11.7 Å². The minimum Gasteiger partial charge on any atom is -0.459 e. The molecule has 0 amide bonds. The Balaban J connectivity index is 1.48. The van der Waals surface area contributed by atoms with Crippen molar-refractivity contribution in [2.45, 2.75) is 97.0 Å². The van der Waals surface area contributed by atoms with Crippen LogP contribution in [0.5, 0.6) is 0 Å². The van der Waals surface area contributed by atoms with Crippen molar-refractivity contribution in [3.05, 3.63) is 34.9 Å². The number of carbonyl (C=O) groups is 1. The van der Waals surface area contributed by atoms with Crippen LogP contribution in [0.1, 0.15) is 100 Å². The second-order valence-electron chi connectivity index (χ2n) is 9.16. The van der Waals surface area contributed by atoms with Gasteiger partial charge in [-0.15, -0.1) is 0 Å². The number of rotatable bonds is 7. The van der Waals surface area contributed by atoms with E-state index in [1.807, 2.05) is 6.92 Å². The van der Waals surface area contributed by atoms with Gasteiger partial charge in [0.15, 0.2) is 11.6 Å². The fourth-order valence-electron chi connectivity index (χ4n) is 5.46. The quantitative estimate of drug-likeness (QED) is 0.446. The van der Waals surface area contributed by atoms with Crippen LogP contribution in [0.4, 0.5) is 8.78 Å². The highest BCUT2D eigenvalue weighted by Gasteiger charge is 2.32. The molecule has 2 nitrogen and oxygen atoms in total. The van der Waals surface area contributed by atoms with Crippen LogP contribution >= 0.6 is 0 Å². The molecule has 29 heavy (non-hydrogen) atoms. The van der Waals surface area contributed by atoms with Crippen molar-refractivity contribution in [1.82, 2.24) is 0 Å². The molecule has 2 aliphatic rings. The lowest BCUT2D eigenvalue weighted by atomic mass is 9.70. The van der Waals surface area contributed by atoms with Crippen molar-refractivity contribution >= 4 is 5.97 Å². The first-order chi connectivity index (χ1) is 14.0. The summed E-state index contributed by atoms with van der Waals surface area (Å²) in [6.07, 6.45) is 12.9. The zero-order chi connectivity index (χ0) is 20.8. The number of carbonyl (C=O) groups excluding carboxylic acids is 1. The Morgan fingerprint density at radius 1 is 0.897 bits per heavy atom. The summed E-state index contributed by atoms with van der Waals surface area (Å²) in [4.78, 5) is 12.4. The lowest BCUT2D eigenvalue weighted by molar-refractivity contribution is 0.0104. The first kappa shape index (κ1) is 22.2. The molecule has 2 saturated carbocycles. The van der Waals surface area contributed by atoms with E-state index in [0.29, 0.717) is 12.0 Å². The minimum atomic E-state index is -1.07. The van der Waals surface area contributed by atoms with Crippen LogP contribution in [-0.2, 0) is 11.2 Å². The fraction of sp³-hybridized carbons (Fsp3) is 0.720. The zero-order valence-corrected chi connectivity index (χ0v) is 18.0. The first-order valence-corrected chi connectivity index (χ1v) is 11.7. The Bertz CT molecular complexity index is 672. The summed E-state index contributed by atoms with van der Waals surface area (Å²) >= 11 is 0. The molecular weight excluding hydrogens is 370 g/mol. The zero-order valence-electron chi connectivity index (χ0n) is 18.0. The van der Waals surface area contributed by atoms with E-state index in [0.717, 1.165) is 49.9 Å². The molecule has 2 fully saturated rings. The van der Waals surface area contributed by atoms with Crippen molar-refractivity contribution in [2.75, 3.05) is 0 Å². The van der Waals surface area contributed by atoms with Gasteiger partial charge in [-0.2, -0.15) is 0 Å². The van der Waals surface area contributed by atoms with Crippen molar-refractivity contribution in [1.29, 1.82) is 0 Å². The van der Waals surface area contributed by atoms with Crippen LogP contribution in [-0.4, -0.2) is 12.1 Å². The van der Waals surface area contributed by atoms with Crippen LogP contribution in [0.15, 0.2) is 12.1 Å². The average molecular weight is 407 g/mol. The Labute approximate surface area is 174 Å². The smallest absolute Gasteiger partial charge is 0.341 e. The monoisotopic (exact) mass is 406 g/mol. The Morgan fingerprint density at radius 2 is 1.52 bits per heavy atom. The van der Waals surface area contributed by atoms with E-state index in [2.05, 4.69) is 6.92 Å². The second-order valence-corrected chi connectivity index (χ2v) is 9.16. The van der Waals surface area contributed by atoms with E-state index in [4.69, 9.17) is 4.74 Å². The van der Waals surface area contributed by atoms with Crippen LogP contribution in [0.3, 0.4) is 0 Å². The number of hydrogen-bond acceptors (Lipinski definition) is 2. The van der Waals surface area contributed by atoms with Crippen molar-refractivity contribution in [3.63, 3.8) is 0 Å². The summed E-state index contributed by atoms with van der Waals surface area (Å²) in [5, 5.41) is 0. The number of esters is 1. The molecule has 2 aliphatic carbocycles. The van der Waals surface area contributed by atoms with Gasteiger partial charge in [0.1, 0.15) is 6.10 Å². The third kappa shape index (κ3) is 5.58. The summed E-state index contributed by atoms with van der Waals surface area (Å²) in [7, 11) is 0. The lowest BCUT2D eigenvalue weighted by Gasteiger charge is -2.37. The molecule has 0 spiro atoms. The highest BCUT2D eigenvalue weighted by molar-refractivity contribution is 5.90. The highest BCUT2D eigenvalue weighted by Crippen LogP contribution is 2.41. The molecule has 0 aliphatic heterocycles. The average Bonchev–Trinajstić information content (AvgIpc) is 2.73. The van der Waals surface area contributed by atoms with E-state index in [9.17, 15) is 13.6 Å². The van der Waals surface area contributed by atoms with Gasteiger partial charge in [0, 0.05) is 0 Å². The number of halogens is 2.